The van der Waals surface area contributed by atoms with Crippen molar-refractivity contribution in [3.63, 3.8) is 0 Å². The number of hydrogen-bond acceptors (Lipinski definition) is 6. The molecule has 1 saturated heterocycles. The van der Waals surface area contributed by atoms with Crippen molar-refractivity contribution >= 4 is 52.5 Å². The zero-order chi connectivity index (χ0) is 11.4. The van der Waals surface area contributed by atoms with Crippen LogP contribution < -0.4 is 5.32 Å². The second kappa shape index (κ2) is 6.14. The molecule has 8 heteroatoms. The van der Waals surface area contributed by atoms with Gasteiger partial charge >= 0.3 is 0 Å². The third-order valence-electron chi connectivity index (χ3n) is 2.00. The Morgan fingerprint density at radius 3 is 2.94 bits per heavy atom. The summed E-state index contributed by atoms with van der Waals surface area (Å²) < 4.78 is 0. The summed E-state index contributed by atoms with van der Waals surface area (Å²) in [5.41, 5.74) is 0. The monoisotopic (exact) mass is 296 g/mol. The highest BCUT2D eigenvalue weighted by Crippen LogP contribution is 2.25. The van der Waals surface area contributed by atoms with Crippen LogP contribution in [0.25, 0.3) is 0 Å². The number of thioether (sulfide) groups is 2. The quantitative estimate of drug-likeness (QED) is 0.925. The number of aromatic nitrogens is 3. The fourth-order valence-electron chi connectivity index (χ4n) is 1.27. The van der Waals surface area contributed by atoms with E-state index in [9.17, 15) is 0 Å². The minimum Gasteiger partial charge on any atom is -0.366 e. The van der Waals surface area contributed by atoms with Gasteiger partial charge in [-0.05, 0) is 11.6 Å². The van der Waals surface area contributed by atoms with Crippen LogP contribution in [0.2, 0.25) is 10.4 Å². The molecule has 4 nitrogen and oxygen atoms in total. The van der Waals surface area contributed by atoms with E-state index in [1.54, 1.807) is 0 Å². The summed E-state index contributed by atoms with van der Waals surface area (Å²) in [6, 6.07) is 0. The van der Waals surface area contributed by atoms with Crippen LogP contribution >= 0.6 is 46.7 Å². The first-order valence-electron chi connectivity index (χ1n) is 4.74. The molecule has 1 aromatic heterocycles. The van der Waals surface area contributed by atoms with Crippen LogP contribution in [0, 0.1) is 0 Å². The van der Waals surface area contributed by atoms with E-state index in [2.05, 4.69) is 20.5 Å². The van der Waals surface area contributed by atoms with Gasteiger partial charge in [-0.3, -0.25) is 0 Å². The largest absolute Gasteiger partial charge is 0.366 e. The Morgan fingerprint density at radius 2 is 2.19 bits per heavy atom. The normalized spacial score (nSPS) is 20.8. The fourth-order valence-corrected chi connectivity index (χ4v) is 4.15. The van der Waals surface area contributed by atoms with Gasteiger partial charge in [0, 0.05) is 29.1 Å². The maximum atomic E-state index is 5.84. The Balaban J connectivity index is 1.90. The predicted molar refractivity (Wildman–Crippen MR) is 71.9 cm³/mol. The number of nitrogens with zero attached hydrogens (tertiary/aromatic N) is 3. The van der Waals surface area contributed by atoms with Gasteiger partial charge < -0.3 is 5.32 Å². The second-order valence-corrected chi connectivity index (χ2v) is 6.42. The van der Waals surface area contributed by atoms with Gasteiger partial charge in [0.25, 0.3) is 0 Å². The highest BCUT2D eigenvalue weighted by molar-refractivity contribution is 8.06. The Hall–Kier alpha value is 0.0900. The summed E-state index contributed by atoms with van der Waals surface area (Å²) in [6.45, 7) is 0.826. The van der Waals surface area contributed by atoms with Crippen molar-refractivity contribution in [2.75, 3.05) is 29.1 Å². The molecule has 16 heavy (non-hydrogen) atoms. The van der Waals surface area contributed by atoms with Crippen molar-refractivity contribution in [2.45, 2.75) is 5.25 Å². The highest BCUT2D eigenvalue weighted by atomic mass is 35.5. The van der Waals surface area contributed by atoms with Gasteiger partial charge in [-0.15, -0.1) is 10.2 Å². The Labute approximate surface area is 112 Å². The van der Waals surface area contributed by atoms with E-state index >= 15 is 0 Å². The number of rotatable bonds is 3. The molecular weight excluding hydrogens is 287 g/mol. The van der Waals surface area contributed by atoms with Gasteiger partial charge in [-0.25, -0.2) is 0 Å². The molecule has 0 aliphatic carbocycles. The van der Waals surface area contributed by atoms with Crippen molar-refractivity contribution in [3.8, 4) is 0 Å². The molecular formula is C8H10Cl2N4S2. The van der Waals surface area contributed by atoms with Crippen LogP contribution in [0.15, 0.2) is 0 Å². The maximum Gasteiger partial charge on any atom is 0.245 e. The molecule has 1 aromatic rings. The second-order valence-electron chi connectivity index (χ2n) is 3.17. The van der Waals surface area contributed by atoms with E-state index in [0.717, 1.165) is 12.3 Å². The molecule has 0 radical (unpaired) electrons. The SMILES string of the molecule is Clc1nnc(Cl)c(NCC2CSCCS2)n1. The fraction of sp³-hybridized carbons (Fsp3) is 0.625. The molecule has 2 heterocycles. The van der Waals surface area contributed by atoms with Crippen LogP contribution in [-0.4, -0.2) is 44.2 Å². The first kappa shape index (κ1) is 12.5. The Bertz CT molecular complexity index is 360. The van der Waals surface area contributed by atoms with Gasteiger partial charge in [-0.1, -0.05) is 11.6 Å². The summed E-state index contributed by atoms with van der Waals surface area (Å²) in [6.07, 6.45) is 0. The molecule has 1 unspecified atom stereocenters. The van der Waals surface area contributed by atoms with E-state index in [1.165, 1.54) is 11.5 Å². The van der Waals surface area contributed by atoms with E-state index in [-0.39, 0.29) is 10.4 Å². The Kier molecular flexibility index (Phi) is 4.81. The molecule has 2 rings (SSSR count). The summed E-state index contributed by atoms with van der Waals surface area (Å²) in [5.74, 6) is 4.11. The minimum absolute atomic E-state index is 0.109. The van der Waals surface area contributed by atoms with E-state index in [4.69, 9.17) is 23.2 Å². The molecule has 1 atom stereocenters. The number of halogens is 2. The standard InChI is InChI=1S/C8H10Cl2N4S2/c9-6-7(12-8(10)14-13-6)11-3-5-4-15-1-2-16-5/h5H,1-4H2,(H,11,12,14). The van der Waals surface area contributed by atoms with Gasteiger partial charge in [0.1, 0.15) is 0 Å². The molecule has 1 fully saturated rings. The topological polar surface area (TPSA) is 50.7 Å². The first-order chi connectivity index (χ1) is 7.75. The zero-order valence-electron chi connectivity index (χ0n) is 8.32. The van der Waals surface area contributed by atoms with E-state index in [0.29, 0.717) is 11.1 Å². The number of nitrogens with one attached hydrogen (secondary N) is 1. The third-order valence-corrected chi connectivity index (χ3v) is 5.26. The van der Waals surface area contributed by atoms with Gasteiger partial charge in [0.2, 0.25) is 5.28 Å². The number of anilines is 1. The molecule has 0 bridgehead atoms. The minimum atomic E-state index is 0.109. The van der Waals surface area contributed by atoms with Crippen molar-refractivity contribution in [2.24, 2.45) is 0 Å². The lowest BCUT2D eigenvalue weighted by Gasteiger charge is -2.21. The van der Waals surface area contributed by atoms with Crippen LogP contribution in [0.5, 0.6) is 0 Å². The lowest BCUT2D eigenvalue weighted by atomic mass is 10.4. The van der Waals surface area contributed by atoms with Gasteiger partial charge in [0.15, 0.2) is 11.0 Å². The van der Waals surface area contributed by atoms with E-state index in [1.807, 2.05) is 23.5 Å². The molecule has 88 valence electrons. The van der Waals surface area contributed by atoms with Crippen LogP contribution in [-0.2, 0) is 0 Å². The highest BCUT2D eigenvalue weighted by Gasteiger charge is 2.15. The summed E-state index contributed by atoms with van der Waals surface area (Å²) in [4.78, 5) is 3.99. The van der Waals surface area contributed by atoms with Crippen LogP contribution in [0.3, 0.4) is 0 Å². The summed E-state index contributed by atoms with van der Waals surface area (Å²) in [5, 5.41) is 11.4. The van der Waals surface area contributed by atoms with Crippen molar-refractivity contribution in [3.05, 3.63) is 10.4 Å². The average molecular weight is 297 g/mol. The first-order valence-corrected chi connectivity index (χ1v) is 7.70. The number of hydrogen-bond donors (Lipinski definition) is 1. The van der Waals surface area contributed by atoms with Crippen molar-refractivity contribution in [1.82, 2.24) is 15.2 Å². The third kappa shape index (κ3) is 3.55. The average Bonchev–Trinajstić information content (AvgIpc) is 2.32. The molecule has 0 saturated carbocycles. The molecule has 1 N–H and O–H groups in total. The summed E-state index contributed by atoms with van der Waals surface area (Å²) in [7, 11) is 0. The predicted octanol–water partition coefficient (Wildman–Crippen LogP) is 2.44. The maximum absolute atomic E-state index is 5.84. The van der Waals surface area contributed by atoms with Crippen LogP contribution in [0.4, 0.5) is 5.82 Å². The van der Waals surface area contributed by atoms with Gasteiger partial charge in [-0.2, -0.15) is 28.5 Å². The van der Waals surface area contributed by atoms with Gasteiger partial charge in [0.05, 0.1) is 0 Å². The van der Waals surface area contributed by atoms with Crippen LogP contribution in [0.1, 0.15) is 0 Å². The molecule has 0 aromatic carbocycles. The van der Waals surface area contributed by atoms with Crippen molar-refractivity contribution in [1.29, 1.82) is 0 Å². The molecule has 0 amide bonds. The molecule has 0 spiro atoms. The Morgan fingerprint density at radius 1 is 1.31 bits per heavy atom. The smallest absolute Gasteiger partial charge is 0.245 e. The van der Waals surface area contributed by atoms with E-state index < -0.39 is 0 Å². The molecule has 1 aliphatic heterocycles. The lowest BCUT2D eigenvalue weighted by molar-refractivity contribution is 0.941. The summed E-state index contributed by atoms with van der Waals surface area (Å²) >= 11 is 15.4. The zero-order valence-corrected chi connectivity index (χ0v) is 11.5. The lowest BCUT2D eigenvalue weighted by Crippen LogP contribution is -2.23. The van der Waals surface area contributed by atoms with Crippen molar-refractivity contribution < 1.29 is 0 Å². The molecule has 1 aliphatic rings.